The number of halogens is 1. The highest BCUT2D eigenvalue weighted by Crippen LogP contribution is 2.39. The van der Waals surface area contributed by atoms with E-state index in [2.05, 4.69) is 77.3 Å². The molecule has 0 radical (unpaired) electrons. The van der Waals surface area contributed by atoms with Crippen LogP contribution in [0.3, 0.4) is 0 Å². The van der Waals surface area contributed by atoms with E-state index in [1.165, 1.54) is 29.8 Å². The zero-order valence-electron chi connectivity index (χ0n) is 30.6. The molecule has 3 rings (SSSR count). The van der Waals surface area contributed by atoms with E-state index in [-0.39, 0.29) is 33.4 Å². The molecule has 0 aliphatic carbocycles. The number of ketones is 1. The summed E-state index contributed by atoms with van der Waals surface area (Å²) in [5.41, 5.74) is 2.48. The van der Waals surface area contributed by atoms with E-state index in [1.54, 1.807) is 32.9 Å². The number of Topliss-reactive ketones (excluding diaryl/α,β-unsaturated/α-hetero) is 1. The number of hydrogen-bond donors (Lipinski definition) is 3. The maximum Gasteiger partial charge on any atom is 0.335 e. The Balaban J connectivity index is 1.90. The predicted molar refractivity (Wildman–Crippen MR) is 198 cm³/mol. The highest BCUT2D eigenvalue weighted by molar-refractivity contribution is 6.34. The van der Waals surface area contributed by atoms with Crippen molar-refractivity contribution in [3.63, 3.8) is 0 Å². The van der Waals surface area contributed by atoms with E-state index in [9.17, 15) is 19.5 Å². The minimum atomic E-state index is -1.51. The summed E-state index contributed by atoms with van der Waals surface area (Å²) in [6.07, 6.45) is 1.66. The second-order valence-electron chi connectivity index (χ2n) is 14.9. The highest BCUT2D eigenvalue weighted by Gasteiger charge is 2.37. The molecule has 1 amide bonds. The van der Waals surface area contributed by atoms with E-state index >= 15 is 0 Å². The number of benzene rings is 3. The lowest BCUT2D eigenvalue weighted by Gasteiger charge is -2.32. The quantitative estimate of drug-likeness (QED) is 0.101. The van der Waals surface area contributed by atoms with Crippen molar-refractivity contribution in [2.45, 2.75) is 118 Å². The molecule has 0 aromatic heterocycles. The van der Waals surface area contributed by atoms with E-state index < -0.39 is 29.2 Å². The van der Waals surface area contributed by atoms with Crippen LogP contribution in [-0.2, 0) is 20.4 Å². The first-order valence-electron chi connectivity index (χ1n) is 17.1. The third-order valence-corrected chi connectivity index (χ3v) is 9.53. The van der Waals surface area contributed by atoms with Crippen LogP contribution in [0.2, 0.25) is 5.02 Å². The second kappa shape index (κ2) is 16.1. The van der Waals surface area contributed by atoms with Crippen LogP contribution >= 0.6 is 11.6 Å². The number of nitrogens with one attached hydrogen (secondary N) is 2. The first-order chi connectivity index (χ1) is 22.8. The van der Waals surface area contributed by atoms with Gasteiger partial charge in [0.15, 0.2) is 12.0 Å². The Labute approximate surface area is 296 Å². The summed E-state index contributed by atoms with van der Waals surface area (Å²) in [5.74, 6) is -1.24. The molecule has 3 aromatic carbocycles. The van der Waals surface area contributed by atoms with Crippen LogP contribution in [0.5, 0.6) is 11.5 Å². The maximum atomic E-state index is 13.6. The Morgan fingerprint density at radius 1 is 0.816 bits per heavy atom. The zero-order chi connectivity index (χ0) is 36.7. The van der Waals surface area contributed by atoms with Crippen molar-refractivity contribution in [3.05, 3.63) is 82.4 Å². The number of ether oxygens (including phenoxy) is 2. The molecule has 0 saturated carbocycles. The molecule has 8 nitrogen and oxygen atoms in total. The zero-order valence-corrected chi connectivity index (χ0v) is 31.4. The average molecular weight is 693 g/mol. The number of anilines is 2. The molecule has 266 valence electrons. The number of carboxylic acids is 1. The fourth-order valence-electron chi connectivity index (χ4n) is 5.08. The Morgan fingerprint density at radius 2 is 1.45 bits per heavy atom. The molecule has 2 unspecified atom stereocenters. The van der Waals surface area contributed by atoms with E-state index in [0.29, 0.717) is 11.4 Å². The normalized spacial score (nSPS) is 13.3. The van der Waals surface area contributed by atoms with Crippen LogP contribution in [0.25, 0.3) is 0 Å². The van der Waals surface area contributed by atoms with Gasteiger partial charge < -0.3 is 25.2 Å². The summed E-state index contributed by atoms with van der Waals surface area (Å²) < 4.78 is 12.6. The number of carboxylic acid groups (broad SMARTS) is 1. The first kappa shape index (κ1) is 39.4. The van der Waals surface area contributed by atoms with Gasteiger partial charge in [0.1, 0.15) is 11.5 Å². The third-order valence-electron chi connectivity index (χ3n) is 9.20. The van der Waals surface area contributed by atoms with Gasteiger partial charge in [-0.05, 0) is 77.8 Å². The van der Waals surface area contributed by atoms with Crippen molar-refractivity contribution in [3.8, 4) is 11.5 Å². The van der Waals surface area contributed by atoms with Crippen LogP contribution in [0.15, 0.2) is 60.7 Å². The van der Waals surface area contributed by atoms with Gasteiger partial charge in [0.05, 0.1) is 16.3 Å². The first-order valence-corrected chi connectivity index (χ1v) is 17.4. The topological polar surface area (TPSA) is 114 Å². The van der Waals surface area contributed by atoms with Gasteiger partial charge >= 0.3 is 5.97 Å². The van der Waals surface area contributed by atoms with Gasteiger partial charge in [0.25, 0.3) is 5.91 Å². The van der Waals surface area contributed by atoms with Gasteiger partial charge in [-0.1, -0.05) is 99.4 Å². The summed E-state index contributed by atoms with van der Waals surface area (Å²) in [4.78, 5) is 38.3. The average Bonchev–Trinajstić information content (AvgIpc) is 3.04. The standard InChI is InChI=1S/C40H53ClN2O6/c1-11-14-33(49-32-22-17-26(39(7,8)12-2)23-29(32)40(9,10)13-3)42-27-18-21-30(41)31(24-27)43-36(45)34(35(44)38(4,5)6)48-28-19-15-25(16-20-28)37(46)47/h15-24,33-34,42H,11-14H2,1-10H3,(H,43,45)(H,46,47). The van der Waals surface area contributed by atoms with Crippen LogP contribution < -0.4 is 20.1 Å². The number of aromatic carboxylic acids is 1. The summed E-state index contributed by atoms with van der Waals surface area (Å²) in [6.45, 7) is 20.6. The molecule has 0 saturated heterocycles. The summed E-state index contributed by atoms with van der Waals surface area (Å²) in [5, 5.41) is 15.8. The number of amides is 1. The molecule has 3 N–H and O–H groups in total. The molecule has 0 fully saturated rings. The Bertz CT molecular complexity index is 1620. The Kier molecular flexibility index (Phi) is 13.0. The van der Waals surface area contributed by atoms with Crippen molar-refractivity contribution < 1.29 is 29.0 Å². The lowest BCUT2D eigenvalue weighted by Crippen LogP contribution is -2.45. The number of rotatable bonds is 16. The fourth-order valence-corrected chi connectivity index (χ4v) is 5.24. The molecule has 49 heavy (non-hydrogen) atoms. The number of hydrogen-bond acceptors (Lipinski definition) is 6. The van der Waals surface area contributed by atoms with E-state index in [0.717, 1.165) is 37.0 Å². The van der Waals surface area contributed by atoms with Gasteiger partial charge in [0, 0.05) is 23.1 Å². The molecular formula is C40H53ClN2O6. The number of carbonyl (C=O) groups excluding carboxylic acids is 2. The van der Waals surface area contributed by atoms with Gasteiger partial charge in [-0.2, -0.15) is 0 Å². The molecule has 0 aliphatic heterocycles. The molecule has 2 atom stereocenters. The highest BCUT2D eigenvalue weighted by atomic mass is 35.5. The Morgan fingerprint density at radius 3 is 2.00 bits per heavy atom. The smallest absolute Gasteiger partial charge is 0.335 e. The van der Waals surface area contributed by atoms with Crippen LogP contribution in [0, 0.1) is 5.41 Å². The summed E-state index contributed by atoms with van der Waals surface area (Å²) in [7, 11) is 0. The lowest BCUT2D eigenvalue weighted by atomic mass is 9.76. The van der Waals surface area contributed by atoms with Crippen LogP contribution in [0.4, 0.5) is 11.4 Å². The van der Waals surface area contributed by atoms with Crippen LogP contribution in [0.1, 0.15) is 116 Å². The Hall–Kier alpha value is -4.04. The van der Waals surface area contributed by atoms with Gasteiger partial charge in [-0.25, -0.2) is 4.79 Å². The molecule has 0 bridgehead atoms. The minimum absolute atomic E-state index is 0.0365. The molecular weight excluding hydrogens is 640 g/mol. The SMILES string of the molecule is CCCC(Nc1ccc(Cl)c(NC(=O)C(Oc2ccc(C(=O)O)cc2)C(=O)C(C)(C)C)c1)Oc1ccc(C(C)(C)CC)cc1C(C)(C)CC. The monoisotopic (exact) mass is 692 g/mol. The van der Waals surface area contributed by atoms with Gasteiger partial charge in [0.2, 0.25) is 6.10 Å². The molecule has 0 aliphatic rings. The van der Waals surface area contributed by atoms with Crippen molar-refractivity contribution in [2.24, 2.45) is 5.41 Å². The molecule has 9 heteroatoms. The van der Waals surface area contributed by atoms with Crippen molar-refractivity contribution in [1.29, 1.82) is 0 Å². The predicted octanol–water partition coefficient (Wildman–Crippen LogP) is 10.0. The second-order valence-corrected chi connectivity index (χ2v) is 15.3. The maximum absolute atomic E-state index is 13.6. The van der Waals surface area contributed by atoms with Crippen molar-refractivity contribution >= 4 is 40.6 Å². The largest absolute Gasteiger partial charge is 0.478 e. The van der Waals surface area contributed by atoms with Crippen molar-refractivity contribution in [2.75, 3.05) is 10.6 Å². The molecule has 0 heterocycles. The molecule has 3 aromatic rings. The minimum Gasteiger partial charge on any atom is -0.478 e. The van der Waals surface area contributed by atoms with Gasteiger partial charge in [-0.3, -0.25) is 9.59 Å². The van der Waals surface area contributed by atoms with Crippen molar-refractivity contribution in [1.82, 2.24) is 0 Å². The molecule has 0 spiro atoms. The lowest BCUT2D eigenvalue weighted by molar-refractivity contribution is -0.140. The van der Waals surface area contributed by atoms with Gasteiger partial charge in [-0.15, -0.1) is 0 Å². The fraction of sp³-hybridized carbons (Fsp3) is 0.475. The third kappa shape index (κ3) is 10.2. The van der Waals surface area contributed by atoms with E-state index in [1.807, 2.05) is 6.07 Å². The van der Waals surface area contributed by atoms with E-state index in [4.69, 9.17) is 21.1 Å². The summed E-state index contributed by atoms with van der Waals surface area (Å²) in [6, 6.07) is 17.2. The number of carbonyl (C=O) groups is 3. The van der Waals surface area contributed by atoms with Crippen LogP contribution in [-0.4, -0.2) is 35.1 Å². The summed E-state index contributed by atoms with van der Waals surface area (Å²) >= 11 is 6.54.